The van der Waals surface area contributed by atoms with Gasteiger partial charge in [0.25, 0.3) is 0 Å². The van der Waals surface area contributed by atoms with Crippen molar-refractivity contribution >= 4 is 41.0 Å². The van der Waals surface area contributed by atoms with Crippen molar-refractivity contribution in [3.63, 3.8) is 0 Å². The van der Waals surface area contributed by atoms with Crippen LogP contribution < -0.4 is 25.4 Å². The fourth-order valence-corrected chi connectivity index (χ4v) is 8.81. The summed E-state index contributed by atoms with van der Waals surface area (Å²) in [5.74, 6) is 3.12. The van der Waals surface area contributed by atoms with E-state index in [1.807, 2.05) is 86.3 Å². The number of anilines is 4. The quantitative estimate of drug-likeness (QED) is 0.203. The van der Waals surface area contributed by atoms with Crippen molar-refractivity contribution in [1.29, 1.82) is 0 Å². The molecule has 4 aromatic rings. The number of rotatable bonds is 11. The van der Waals surface area contributed by atoms with Gasteiger partial charge in [-0.3, -0.25) is 4.79 Å². The number of nitrogens with zero attached hydrogens (tertiary/aromatic N) is 11. The molecule has 1 atom stereocenters. The number of ether oxygens (including phenoxy) is 2. The Morgan fingerprint density at radius 1 is 0.754 bits per heavy atom. The number of benzene rings is 2. The first kappa shape index (κ1) is 45.6. The van der Waals surface area contributed by atoms with E-state index in [-0.39, 0.29) is 18.5 Å². The lowest BCUT2D eigenvalue weighted by Gasteiger charge is -2.38. The predicted octanol–water partition coefficient (Wildman–Crippen LogP) is 4.49. The van der Waals surface area contributed by atoms with Crippen LogP contribution in [0.1, 0.15) is 49.7 Å². The Hall–Kier alpha value is -5.95. The first-order chi connectivity index (χ1) is 31.5. The highest BCUT2D eigenvalue weighted by Gasteiger charge is 2.32. The van der Waals surface area contributed by atoms with Crippen LogP contribution in [0.3, 0.4) is 0 Å². The first-order valence-electron chi connectivity index (χ1n) is 23.0. The molecule has 8 rings (SSSR count). The number of carbonyl (C=O) groups is 3. The van der Waals surface area contributed by atoms with Gasteiger partial charge in [-0.05, 0) is 96.9 Å². The van der Waals surface area contributed by atoms with Crippen molar-refractivity contribution in [2.24, 2.45) is 0 Å². The molecule has 0 saturated carbocycles. The lowest BCUT2D eigenvalue weighted by Crippen LogP contribution is -2.55. The van der Waals surface area contributed by atoms with Crippen molar-refractivity contribution in [3.05, 3.63) is 71.0 Å². The maximum Gasteiger partial charge on any atom is 0.341 e. The summed E-state index contributed by atoms with van der Waals surface area (Å²) in [6.07, 6.45) is 1.97. The molecule has 0 aliphatic carbocycles. The Balaban J connectivity index is 1.02. The van der Waals surface area contributed by atoms with Crippen molar-refractivity contribution in [3.8, 4) is 22.8 Å². The molecule has 18 nitrogen and oxygen atoms in total. The van der Waals surface area contributed by atoms with Gasteiger partial charge in [0.1, 0.15) is 11.6 Å². The number of hydrogen-bond acceptors (Lipinski definition) is 13. The number of carbonyl (C=O) groups excluding carboxylic acids is 3. The third-order valence-corrected chi connectivity index (χ3v) is 12.4. The molecule has 346 valence electrons. The van der Waals surface area contributed by atoms with E-state index < -0.39 is 12.1 Å². The minimum Gasteiger partial charge on any atom is -0.378 e. The molecule has 4 aliphatic rings. The molecule has 18 heteroatoms. The van der Waals surface area contributed by atoms with Gasteiger partial charge in [-0.1, -0.05) is 0 Å². The SMILES string of the molecule is CCNC(=O)N(c1ccc(-c2nc3c(c(N4CCOCC4C)n2)CN(C(=O)CCN(C)C)CC3)cc1)N(CC)C(=O)Nc1ccc(-c2nc3c(c(N4CCOCC4)n2)CCN(C)C3)cc1. The molecular weight excluding hydrogens is 827 g/mol. The second-order valence-corrected chi connectivity index (χ2v) is 17.3. The Morgan fingerprint density at radius 2 is 1.43 bits per heavy atom. The van der Waals surface area contributed by atoms with Gasteiger partial charge in [0.2, 0.25) is 5.91 Å². The number of hydrogen-bond donors (Lipinski definition) is 2. The molecule has 2 aromatic heterocycles. The Labute approximate surface area is 381 Å². The molecule has 0 radical (unpaired) electrons. The summed E-state index contributed by atoms with van der Waals surface area (Å²) in [7, 11) is 6.06. The van der Waals surface area contributed by atoms with E-state index in [1.165, 1.54) is 15.6 Å². The molecule has 0 spiro atoms. The number of aromatic nitrogens is 4. The van der Waals surface area contributed by atoms with Gasteiger partial charge in [0.05, 0.1) is 56.1 Å². The molecular formula is C47H63N13O5. The molecule has 2 saturated heterocycles. The van der Waals surface area contributed by atoms with Crippen LogP contribution >= 0.6 is 0 Å². The highest BCUT2D eigenvalue weighted by Crippen LogP contribution is 2.34. The first-order valence-corrected chi connectivity index (χ1v) is 23.0. The summed E-state index contributed by atoms with van der Waals surface area (Å²) in [6, 6.07) is 14.0. The Morgan fingerprint density at radius 3 is 2.11 bits per heavy atom. The van der Waals surface area contributed by atoms with Crippen molar-refractivity contribution < 1.29 is 23.9 Å². The number of fused-ring (bicyclic) bond motifs is 2. The second kappa shape index (κ2) is 20.5. The van der Waals surface area contributed by atoms with Crippen molar-refractivity contribution in [2.45, 2.75) is 59.2 Å². The zero-order chi connectivity index (χ0) is 45.6. The summed E-state index contributed by atoms with van der Waals surface area (Å²) < 4.78 is 11.4. The fraction of sp³-hybridized carbons (Fsp3) is 0.511. The smallest absolute Gasteiger partial charge is 0.341 e. The van der Waals surface area contributed by atoms with E-state index in [1.54, 1.807) is 0 Å². The minimum absolute atomic E-state index is 0.0898. The molecule has 5 amide bonds. The Kier molecular flexibility index (Phi) is 14.4. The van der Waals surface area contributed by atoms with Gasteiger partial charge in [0, 0.05) is 99.7 Å². The summed E-state index contributed by atoms with van der Waals surface area (Å²) in [5.41, 5.74) is 6.81. The molecule has 2 fully saturated rings. The molecule has 6 heterocycles. The lowest BCUT2D eigenvalue weighted by atomic mass is 10.0. The standard InChI is InChI=1S/C47H63N13O5/c1-7-48-46(62)60(59(8-2)47(63)49-35-13-9-33(10-14-35)43-51-40-30-55(6)21-17-37(40)44(52-43)56-23-26-64-27-24-56)36-15-11-34(12-16-36)42-50-39-18-22-57(41(61)19-20-54(4)5)29-38(39)45(53-42)58-25-28-65-31-32(58)3/h9-16,32H,7-8,17-31H2,1-6H3,(H,48,62)(H,49,63). The summed E-state index contributed by atoms with van der Waals surface area (Å²) in [6.45, 7) is 14.6. The van der Waals surface area contributed by atoms with E-state index >= 15 is 0 Å². The zero-order valence-corrected chi connectivity index (χ0v) is 38.7. The molecule has 2 N–H and O–H groups in total. The van der Waals surface area contributed by atoms with Crippen LogP contribution in [0, 0.1) is 0 Å². The third kappa shape index (κ3) is 10.3. The van der Waals surface area contributed by atoms with Crippen molar-refractivity contribution in [2.75, 3.05) is 120 Å². The van der Waals surface area contributed by atoms with Crippen LogP contribution in [0.2, 0.25) is 0 Å². The summed E-state index contributed by atoms with van der Waals surface area (Å²) >= 11 is 0. The number of hydrazine groups is 1. The average molecular weight is 890 g/mol. The van der Waals surface area contributed by atoms with Gasteiger partial charge in [0.15, 0.2) is 11.6 Å². The van der Waals surface area contributed by atoms with Gasteiger partial charge in [-0.15, -0.1) is 0 Å². The summed E-state index contributed by atoms with van der Waals surface area (Å²) in [4.78, 5) is 72.2. The second-order valence-electron chi connectivity index (χ2n) is 17.3. The van der Waals surface area contributed by atoms with Crippen LogP contribution in [0.4, 0.5) is 32.6 Å². The van der Waals surface area contributed by atoms with Crippen LogP contribution in [0.25, 0.3) is 22.8 Å². The van der Waals surface area contributed by atoms with E-state index in [9.17, 15) is 14.4 Å². The van der Waals surface area contributed by atoms with E-state index in [0.29, 0.717) is 95.0 Å². The minimum atomic E-state index is -0.477. The highest BCUT2D eigenvalue weighted by atomic mass is 16.5. The maximum atomic E-state index is 14.1. The maximum absolute atomic E-state index is 14.1. The molecule has 2 aromatic carbocycles. The number of morpholine rings is 2. The normalized spacial score (nSPS) is 17.6. The fourth-order valence-electron chi connectivity index (χ4n) is 8.81. The molecule has 65 heavy (non-hydrogen) atoms. The number of nitrogens with one attached hydrogen (secondary N) is 2. The number of amides is 5. The molecule has 1 unspecified atom stereocenters. The monoisotopic (exact) mass is 890 g/mol. The van der Waals surface area contributed by atoms with Gasteiger partial charge < -0.3 is 44.6 Å². The largest absolute Gasteiger partial charge is 0.378 e. The third-order valence-electron chi connectivity index (χ3n) is 12.4. The van der Waals surface area contributed by atoms with Crippen molar-refractivity contribution in [1.82, 2.24) is 45.0 Å². The van der Waals surface area contributed by atoms with E-state index in [2.05, 4.69) is 39.3 Å². The summed E-state index contributed by atoms with van der Waals surface area (Å²) in [5, 5.41) is 8.62. The van der Waals surface area contributed by atoms with Crippen LogP contribution in [-0.2, 0) is 40.2 Å². The van der Waals surface area contributed by atoms with Crippen LogP contribution in [0.5, 0.6) is 0 Å². The van der Waals surface area contributed by atoms with Gasteiger partial charge in [-0.2, -0.15) is 5.01 Å². The van der Waals surface area contributed by atoms with E-state index in [4.69, 9.17) is 29.4 Å². The number of likely N-dealkylation sites (N-methyl/N-ethyl adjacent to an activating group) is 1. The zero-order valence-electron chi connectivity index (χ0n) is 38.7. The van der Waals surface area contributed by atoms with Gasteiger partial charge >= 0.3 is 12.1 Å². The average Bonchev–Trinajstić information content (AvgIpc) is 3.32. The number of urea groups is 2. The Bertz CT molecular complexity index is 2320. The topological polar surface area (TPSA) is 168 Å². The lowest BCUT2D eigenvalue weighted by molar-refractivity contribution is -0.132. The van der Waals surface area contributed by atoms with E-state index in [0.717, 1.165) is 72.3 Å². The van der Waals surface area contributed by atoms with Crippen LogP contribution in [-0.4, -0.2) is 164 Å². The molecule has 4 aliphatic heterocycles. The van der Waals surface area contributed by atoms with Crippen LogP contribution in [0.15, 0.2) is 48.5 Å². The highest BCUT2D eigenvalue weighted by molar-refractivity contribution is 5.98. The molecule has 0 bridgehead atoms. The van der Waals surface area contributed by atoms with Gasteiger partial charge in [-0.25, -0.2) is 34.5 Å². The predicted molar refractivity (Wildman–Crippen MR) is 251 cm³/mol.